The van der Waals surface area contributed by atoms with Crippen LogP contribution in [0.3, 0.4) is 0 Å². The van der Waals surface area contributed by atoms with E-state index in [1.807, 2.05) is 18.3 Å². The third kappa shape index (κ3) is 3.73. The van der Waals surface area contributed by atoms with Crippen molar-refractivity contribution in [1.82, 2.24) is 19.8 Å². The Morgan fingerprint density at radius 3 is 2.74 bits per heavy atom. The van der Waals surface area contributed by atoms with Crippen molar-refractivity contribution >= 4 is 17.3 Å². The lowest BCUT2D eigenvalue weighted by molar-refractivity contribution is 0.238. The summed E-state index contributed by atoms with van der Waals surface area (Å²) in [5.41, 5.74) is 2.30. The van der Waals surface area contributed by atoms with Crippen molar-refractivity contribution < 1.29 is 5.11 Å². The zero-order valence-corrected chi connectivity index (χ0v) is 16.4. The van der Waals surface area contributed by atoms with Crippen molar-refractivity contribution in [3.63, 3.8) is 0 Å². The predicted octanol–water partition coefficient (Wildman–Crippen LogP) is 3.74. The average Bonchev–Trinajstić information content (AvgIpc) is 3.32. The first kappa shape index (κ1) is 18.4. The van der Waals surface area contributed by atoms with Gasteiger partial charge in [-0.05, 0) is 55.7 Å². The molecule has 144 valence electrons. The van der Waals surface area contributed by atoms with E-state index in [-0.39, 0.29) is 18.7 Å². The van der Waals surface area contributed by atoms with Crippen LogP contribution < -0.4 is 5.32 Å². The maximum atomic E-state index is 9.36. The minimum absolute atomic E-state index is 0.0228. The van der Waals surface area contributed by atoms with Gasteiger partial charge in [0.2, 0.25) is 0 Å². The van der Waals surface area contributed by atoms with E-state index in [0.29, 0.717) is 12.5 Å². The minimum Gasteiger partial charge on any atom is -0.396 e. The fraction of sp³-hybridized carbons (Fsp3) is 0.524. The van der Waals surface area contributed by atoms with Crippen molar-refractivity contribution in [2.45, 2.75) is 56.7 Å². The lowest BCUT2D eigenvalue weighted by Crippen LogP contribution is -2.32. The van der Waals surface area contributed by atoms with Gasteiger partial charge in [0.1, 0.15) is 0 Å². The topological polar surface area (TPSA) is 53.3 Å². The van der Waals surface area contributed by atoms with Gasteiger partial charge in [-0.15, -0.1) is 0 Å². The molecular formula is C21H28N4OS. The number of aliphatic hydroxyl groups is 1. The number of thiocarbonyl (C=S) groups is 1. The molecule has 3 heterocycles. The van der Waals surface area contributed by atoms with E-state index in [4.69, 9.17) is 12.2 Å². The number of rotatable bonds is 6. The Morgan fingerprint density at radius 1 is 1.15 bits per heavy atom. The molecule has 1 aliphatic carbocycles. The Balaban J connectivity index is 1.71. The van der Waals surface area contributed by atoms with Gasteiger partial charge < -0.3 is 19.9 Å². The molecule has 0 amide bonds. The predicted molar refractivity (Wildman–Crippen MR) is 110 cm³/mol. The summed E-state index contributed by atoms with van der Waals surface area (Å²) in [6.45, 7) is 0.913. The molecule has 1 saturated heterocycles. The third-order valence-electron chi connectivity index (χ3n) is 5.84. The number of nitrogens with zero attached hydrogens (tertiary/aromatic N) is 3. The second-order valence-electron chi connectivity index (χ2n) is 7.53. The van der Waals surface area contributed by atoms with Gasteiger partial charge >= 0.3 is 0 Å². The van der Waals surface area contributed by atoms with E-state index >= 15 is 0 Å². The van der Waals surface area contributed by atoms with E-state index in [1.165, 1.54) is 37.8 Å². The van der Waals surface area contributed by atoms with Crippen LogP contribution in [0.25, 0.3) is 0 Å². The minimum atomic E-state index is 0.0228. The third-order valence-corrected chi connectivity index (χ3v) is 6.19. The molecule has 2 N–H and O–H groups in total. The van der Waals surface area contributed by atoms with Crippen LogP contribution in [0.4, 0.5) is 0 Å². The molecule has 0 spiro atoms. The van der Waals surface area contributed by atoms with Crippen LogP contribution >= 0.6 is 12.2 Å². The molecule has 0 aromatic carbocycles. The van der Waals surface area contributed by atoms with Gasteiger partial charge in [-0.2, -0.15) is 0 Å². The summed E-state index contributed by atoms with van der Waals surface area (Å²) in [6.07, 6.45) is 11.2. The summed E-state index contributed by atoms with van der Waals surface area (Å²) in [5.74, 6) is 0. The molecule has 0 radical (unpaired) electrons. The SMILES string of the molecule is OCCCN1C(=S)N[C@H](c2ccccn2)[C@@H]1c1cccn1C1CCCCC1. The highest BCUT2D eigenvalue weighted by Gasteiger charge is 2.41. The Labute approximate surface area is 166 Å². The van der Waals surface area contributed by atoms with E-state index in [0.717, 1.165) is 17.4 Å². The van der Waals surface area contributed by atoms with Crippen LogP contribution in [0.15, 0.2) is 42.7 Å². The highest BCUT2D eigenvalue weighted by atomic mass is 32.1. The molecule has 4 rings (SSSR count). The molecule has 2 aromatic heterocycles. The quantitative estimate of drug-likeness (QED) is 0.743. The van der Waals surface area contributed by atoms with Crippen molar-refractivity contribution in [2.75, 3.05) is 13.2 Å². The number of aliphatic hydroxyl groups excluding tert-OH is 1. The van der Waals surface area contributed by atoms with Crippen molar-refractivity contribution in [2.24, 2.45) is 0 Å². The molecule has 2 aliphatic rings. The van der Waals surface area contributed by atoms with Crippen LogP contribution in [-0.2, 0) is 0 Å². The molecule has 27 heavy (non-hydrogen) atoms. The van der Waals surface area contributed by atoms with Crippen molar-refractivity contribution in [3.05, 3.63) is 54.1 Å². The number of nitrogens with one attached hydrogen (secondary N) is 1. The van der Waals surface area contributed by atoms with E-state index in [9.17, 15) is 5.11 Å². The van der Waals surface area contributed by atoms with Gasteiger partial charge in [-0.3, -0.25) is 4.98 Å². The average molecular weight is 385 g/mol. The molecule has 5 nitrogen and oxygen atoms in total. The molecule has 0 bridgehead atoms. The number of pyridine rings is 1. The van der Waals surface area contributed by atoms with Crippen molar-refractivity contribution in [1.29, 1.82) is 0 Å². The molecule has 1 saturated carbocycles. The fourth-order valence-electron chi connectivity index (χ4n) is 4.56. The molecule has 2 aromatic rings. The Hall–Kier alpha value is -1.92. The highest BCUT2D eigenvalue weighted by Crippen LogP contribution is 2.41. The normalized spacial score (nSPS) is 23.6. The van der Waals surface area contributed by atoms with Crippen LogP contribution in [0.2, 0.25) is 0 Å². The highest BCUT2D eigenvalue weighted by molar-refractivity contribution is 7.80. The Bertz CT molecular complexity index is 757. The summed E-state index contributed by atoms with van der Waals surface area (Å²) < 4.78 is 2.47. The van der Waals surface area contributed by atoms with Gasteiger partial charge in [0.25, 0.3) is 0 Å². The van der Waals surface area contributed by atoms with E-state index in [2.05, 4.69) is 44.2 Å². The molecule has 6 heteroatoms. The van der Waals surface area contributed by atoms with Gasteiger partial charge in [-0.25, -0.2) is 0 Å². The molecule has 0 unspecified atom stereocenters. The second kappa shape index (κ2) is 8.40. The van der Waals surface area contributed by atoms with Gasteiger partial charge in [0.05, 0.1) is 17.8 Å². The van der Waals surface area contributed by atoms with E-state index < -0.39 is 0 Å². The van der Waals surface area contributed by atoms with Crippen LogP contribution in [0.1, 0.15) is 68.0 Å². The lowest BCUT2D eigenvalue weighted by atomic mass is 9.94. The van der Waals surface area contributed by atoms with Gasteiger partial charge in [0.15, 0.2) is 5.11 Å². The molecule has 1 aliphatic heterocycles. The largest absolute Gasteiger partial charge is 0.396 e. The summed E-state index contributed by atoms with van der Waals surface area (Å²) in [4.78, 5) is 6.84. The first-order valence-corrected chi connectivity index (χ1v) is 10.5. The Kier molecular flexibility index (Phi) is 5.74. The van der Waals surface area contributed by atoms with Gasteiger partial charge in [-0.1, -0.05) is 25.3 Å². The first-order valence-electron chi connectivity index (χ1n) is 10.1. The van der Waals surface area contributed by atoms with E-state index in [1.54, 1.807) is 0 Å². The summed E-state index contributed by atoms with van der Waals surface area (Å²) >= 11 is 5.68. The zero-order valence-electron chi connectivity index (χ0n) is 15.6. The molecule has 2 fully saturated rings. The molecular weight excluding hydrogens is 356 g/mol. The van der Waals surface area contributed by atoms with Gasteiger partial charge in [0, 0.05) is 37.3 Å². The Morgan fingerprint density at radius 2 is 2.00 bits per heavy atom. The standard InChI is InChI=1S/C21H28N4OS/c26-15-7-14-25-20(19(23-21(25)27)17-10-4-5-12-22-17)18-11-6-13-24(18)16-8-2-1-3-9-16/h4-6,10-13,16,19-20,26H,1-3,7-9,14-15H2,(H,23,27)/t19-,20+/m1/s1. The number of hydrogen-bond acceptors (Lipinski definition) is 3. The summed E-state index contributed by atoms with van der Waals surface area (Å²) in [5, 5.41) is 13.6. The summed E-state index contributed by atoms with van der Waals surface area (Å²) in [6, 6.07) is 11.1. The van der Waals surface area contributed by atoms with Crippen LogP contribution in [-0.4, -0.2) is 37.8 Å². The maximum Gasteiger partial charge on any atom is 0.170 e. The van der Waals surface area contributed by atoms with Crippen LogP contribution in [0, 0.1) is 0 Å². The zero-order chi connectivity index (χ0) is 18.6. The van der Waals surface area contributed by atoms with Crippen LogP contribution in [0.5, 0.6) is 0 Å². The number of hydrogen-bond donors (Lipinski definition) is 2. The first-order chi connectivity index (χ1) is 13.3. The monoisotopic (exact) mass is 384 g/mol. The molecule has 2 atom stereocenters. The lowest BCUT2D eigenvalue weighted by Gasteiger charge is -2.32. The van der Waals surface area contributed by atoms with Crippen molar-refractivity contribution in [3.8, 4) is 0 Å². The number of aromatic nitrogens is 2. The second-order valence-corrected chi connectivity index (χ2v) is 7.92. The fourth-order valence-corrected chi connectivity index (χ4v) is 4.89. The smallest absolute Gasteiger partial charge is 0.170 e. The maximum absolute atomic E-state index is 9.36. The summed E-state index contributed by atoms with van der Waals surface area (Å²) in [7, 11) is 0.